The van der Waals surface area contributed by atoms with Crippen molar-refractivity contribution in [3.8, 4) is 11.8 Å². The van der Waals surface area contributed by atoms with Crippen LogP contribution >= 0.6 is 0 Å². The van der Waals surface area contributed by atoms with Crippen molar-refractivity contribution in [1.29, 1.82) is 5.26 Å². The highest BCUT2D eigenvalue weighted by Crippen LogP contribution is 2.20. The number of nitrogens with two attached hydrogens (primary N) is 1. The molecule has 0 fully saturated rings. The predicted octanol–water partition coefficient (Wildman–Crippen LogP) is 1.98. The highest BCUT2D eigenvalue weighted by Gasteiger charge is 2.19. The quantitative estimate of drug-likeness (QED) is 0.367. The van der Waals surface area contributed by atoms with Crippen LogP contribution in [0.1, 0.15) is 17.3 Å². The molecule has 0 aliphatic heterocycles. The summed E-state index contributed by atoms with van der Waals surface area (Å²) < 4.78 is 37.5. The number of rotatable bonds is 8. The number of methoxy groups -OCH3 is 1. The first-order chi connectivity index (χ1) is 14.2. The van der Waals surface area contributed by atoms with E-state index in [1.54, 1.807) is 18.2 Å². The van der Waals surface area contributed by atoms with Crippen LogP contribution in [0.25, 0.3) is 0 Å². The van der Waals surface area contributed by atoms with Gasteiger partial charge >= 0.3 is 5.97 Å². The first-order valence-electron chi connectivity index (χ1n) is 8.51. The largest absolute Gasteiger partial charge is 0.497 e. The summed E-state index contributed by atoms with van der Waals surface area (Å²) in [7, 11) is -2.49. The van der Waals surface area contributed by atoms with Gasteiger partial charge in [-0.1, -0.05) is 6.07 Å². The van der Waals surface area contributed by atoms with Gasteiger partial charge in [-0.05, 0) is 49.4 Å². The third-order valence-corrected chi connectivity index (χ3v) is 5.22. The molecule has 0 bridgehead atoms. The zero-order chi connectivity index (χ0) is 22.3. The van der Waals surface area contributed by atoms with Crippen LogP contribution in [0.5, 0.6) is 5.75 Å². The Kier molecular flexibility index (Phi) is 7.17. The number of Topliss-reactive ketones (excluding diaryl/α,β-unsaturated/α-hetero) is 1. The van der Waals surface area contributed by atoms with Gasteiger partial charge in [-0.25, -0.2) is 13.2 Å². The fourth-order valence-corrected chi connectivity index (χ4v) is 3.42. The smallest absolute Gasteiger partial charge is 0.338 e. The molecule has 0 atom stereocenters. The van der Waals surface area contributed by atoms with Gasteiger partial charge in [0.2, 0.25) is 5.78 Å². The van der Waals surface area contributed by atoms with E-state index in [-0.39, 0.29) is 21.7 Å². The summed E-state index contributed by atoms with van der Waals surface area (Å²) in [5.41, 5.74) is 5.37. The van der Waals surface area contributed by atoms with Gasteiger partial charge in [-0.2, -0.15) is 5.26 Å². The summed E-state index contributed by atoms with van der Waals surface area (Å²) in [6.07, 6.45) is 0. The molecule has 0 aromatic heterocycles. The van der Waals surface area contributed by atoms with Crippen LogP contribution in [-0.4, -0.2) is 33.9 Å². The van der Waals surface area contributed by atoms with Gasteiger partial charge in [0.1, 0.15) is 17.4 Å². The van der Waals surface area contributed by atoms with E-state index >= 15 is 0 Å². The number of anilines is 1. The van der Waals surface area contributed by atoms with E-state index in [4.69, 9.17) is 20.5 Å². The molecule has 0 heterocycles. The van der Waals surface area contributed by atoms with Gasteiger partial charge < -0.3 is 15.2 Å². The van der Waals surface area contributed by atoms with Gasteiger partial charge in [-0.3, -0.25) is 9.52 Å². The van der Waals surface area contributed by atoms with Crippen LogP contribution in [0, 0.1) is 11.3 Å². The number of sulfonamides is 1. The molecule has 2 aromatic carbocycles. The van der Waals surface area contributed by atoms with Gasteiger partial charge in [0.15, 0.2) is 6.61 Å². The van der Waals surface area contributed by atoms with E-state index < -0.39 is 28.4 Å². The zero-order valence-corrected chi connectivity index (χ0v) is 17.0. The van der Waals surface area contributed by atoms with Crippen LogP contribution < -0.4 is 15.2 Å². The molecule has 9 nitrogen and oxygen atoms in total. The minimum atomic E-state index is -3.98. The molecule has 2 rings (SSSR count). The number of benzene rings is 2. The minimum Gasteiger partial charge on any atom is -0.497 e. The molecule has 2 aromatic rings. The predicted molar refractivity (Wildman–Crippen MR) is 108 cm³/mol. The fraction of sp³-hybridized carbons (Fsp3) is 0.150. The van der Waals surface area contributed by atoms with Crippen molar-refractivity contribution in [3.05, 3.63) is 65.4 Å². The Balaban J connectivity index is 2.14. The number of carbonyl (C=O) groups is 2. The standard InChI is InChI=1S/C20H19N3O6S/c1-13(22)18(11-21)19(24)12-29-20(25)14-4-3-5-17(10-14)30(26,27)23-15-6-8-16(28-2)9-7-15/h3-10,23H,12,22H2,1-2H3/b18-13+. The number of ether oxygens (including phenoxy) is 2. The number of nitriles is 1. The molecule has 156 valence electrons. The second-order valence-electron chi connectivity index (χ2n) is 6.03. The molecule has 0 saturated carbocycles. The highest BCUT2D eigenvalue weighted by atomic mass is 32.2. The average Bonchev–Trinajstić information content (AvgIpc) is 2.72. The normalized spacial score (nSPS) is 11.6. The summed E-state index contributed by atoms with van der Waals surface area (Å²) in [4.78, 5) is 23.9. The minimum absolute atomic E-state index is 0.0104. The van der Waals surface area contributed by atoms with E-state index in [0.717, 1.165) is 6.07 Å². The zero-order valence-electron chi connectivity index (χ0n) is 16.2. The SMILES string of the molecule is COc1ccc(NS(=O)(=O)c2cccc(C(=O)OCC(=O)/C(C#N)=C(\C)N)c2)cc1. The van der Waals surface area contributed by atoms with Crippen molar-refractivity contribution in [2.75, 3.05) is 18.4 Å². The Bertz CT molecular complexity index is 1130. The number of allylic oxidation sites excluding steroid dienone is 1. The summed E-state index contributed by atoms with van der Waals surface area (Å²) in [6, 6.07) is 13.0. The summed E-state index contributed by atoms with van der Waals surface area (Å²) in [5, 5.41) is 8.90. The molecule has 3 N–H and O–H groups in total. The Morgan fingerprint density at radius 3 is 2.40 bits per heavy atom. The number of hydrogen-bond acceptors (Lipinski definition) is 8. The number of nitrogens with zero attached hydrogens (tertiary/aromatic N) is 1. The molecule has 10 heteroatoms. The monoisotopic (exact) mass is 429 g/mol. The Labute approximate surface area is 173 Å². The van der Waals surface area contributed by atoms with E-state index in [1.807, 2.05) is 0 Å². The second kappa shape index (κ2) is 9.58. The summed E-state index contributed by atoms with van der Waals surface area (Å²) >= 11 is 0. The average molecular weight is 429 g/mol. The Morgan fingerprint density at radius 2 is 1.83 bits per heavy atom. The van der Waals surface area contributed by atoms with Gasteiger partial charge in [0.25, 0.3) is 10.0 Å². The van der Waals surface area contributed by atoms with Crippen molar-refractivity contribution in [1.82, 2.24) is 0 Å². The van der Waals surface area contributed by atoms with Gasteiger partial charge in [-0.15, -0.1) is 0 Å². The number of nitrogens with one attached hydrogen (secondary N) is 1. The summed E-state index contributed by atoms with van der Waals surface area (Å²) in [5.74, 6) is -1.11. The Hall–Kier alpha value is -3.84. The van der Waals surface area contributed by atoms with Crippen LogP contribution in [-0.2, 0) is 19.6 Å². The van der Waals surface area contributed by atoms with Crippen LogP contribution in [0.3, 0.4) is 0 Å². The van der Waals surface area contributed by atoms with E-state index in [1.165, 1.54) is 44.4 Å². The van der Waals surface area contributed by atoms with Crippen LogP contribution in [0.15, 0.2) is 64.7 Å². The molecule has 0 saturated heterocycles. The third kappa shape index (κ3) is 5.59. The fourth-order valence-electron chi connectivity index (χ4n) is 2.32. The molecular formula is C20H19N3O6S. The van der Waals surface area contributed by atoms with Crippen molar-refractivity contribution in [2.24, 2.45) is 5.73 Å². The van der Waals surface area contributed by atoms with Crippen molar-refractivity contribution in [3.63, 3.8) is 0 Å². The highest BCUT2D eigenvalue weighted by molar-refractivity contribution is 7.92. The maximum atomic E-state index is 12.6. The number of carbonyl (C=O) groups excluding carboxylic acids is 2. The molecule has 0 radical (unpaired) electrons. The van der Waals surface area contributed by atoms with Crippen LogP contribution in [0.4, 0.5) is 5.69 Å². The first-order valence-corrected chi connectivity index (χ1v) is 10.00. The maximum absolute atomic E-state index is 12.6. The van der Waals surface area contributed by atoms with Gasteiger partial charge in [0, 0.05) is 11.4 Å². The third-order valence-electron chi connectivity index (χ3n) is 3.84. The van der Waals surface area contributed by atoms with Crippen molar-refractivity contribution >= 4 is 27.5 Å². The lowest BCUT2D eigenvalue weighted by atomic mass is 10.1. The molecule has 0 amide bonds. The Morgan fingerprint density at radius 1 is 1.17 bits per heavy atom. The summed E-state index contributed by atoms with van der Waals surface area (Å²) in [6.45, 7) is 0.680. The molecule has 0 spiro atoms. The lowest BCUT2D eigenvalue weighted by Crippen LogP contribution is -2.18. The first kappa shape index (κ1) is 22.4. The van der Waals surface area contributed by atoms with E-state index in [2.05, 4.69) is 4.72 Å². The lowest BCUT2D eigenvalue weighted by Gasteiger charge is -2.10. The maximum Gasteiger partial charge on any atom is 0.338 e. The lowest BCUT2D eigenvalue weighted by molar-refractivity contribution is -0.118. The molecular weight excluding hydrogens is 410 g/mol. The number of ketones is 1. The van der Waals surface area contributed by atoms with Gasteiger partial charge in [0.05, 0.1) is 17.6 Å². The topological polar surface area (TPSA) is 149 Å². The van der Waals surface area contributed by atoms with Crippen molar-refractivity contribution < 1.29 is 27.5 Å². The molecule has 0 unspecified atom stereocenters. The van der Waals surface area contributed by atoms with Crippen molar-refractivity contribution in [2.45, 2.75) is 11.8 Å². The number of hydrogen-bond donors (Lipinski definition) is 2. The molecule has 0 aliphatic rings. The van der Waals surface area contributed by atoms with E-state index in [0.29, 0.717) is 11.4 Å². The number of esters is 1. The van der Waals surface area contributed by atoms with Crippen LogP contribution in [0.2, 0.25) is 0 Å². The second-order valence-corrected chi connectivity index (χ2v) is 7.71. The molecule has 0 aliphatic carbocycles. The molecule has 30 heavy (non-hydrogen) atoms. The van der Waals surface area contributed by atoms with E-state index in [9.17, 15) is 18.0 Å².